The first kappa shape index (κ1) is 15.4. The molecule has 1 amide bonds. The van der Waals surface area contributed by atoms with Crippen molar-refractivity contribution in [3.8, 4) is 0 Å². The summed E-state index contributed by atoms with van der Waals surface area (Å²) < 4.78 is 0. The molecule has 2 N–H and O–H groups in total. The highest BCUT2D eigenvalue weighted by atomic mass is 16.3. The summed E-state index contributed by atoms with van der Waals surface area (Å²) in [7, 11) is 0. The van der Waals surface area contributed by atoms with Crippen LogP contribution in [0.3, 0.4) is 0 Å². The SMILES string of the molecule is CCN(CCO)CC(C)(C)C(=O)N1CCNCC1. The van der Waals surface area contributed by atoms with Crippen molar-refractivity contribution in [3.63, 3.8) is 0 Å². The second-order valence-corrected chi connectivity index (χ2v) is 5.52. The number of aliphatic hydroxyl groups is 1. The Morgan fingerprint density at radius 3 is 2.50 bits per heavy atom. The smallest absolute Gasteiger partial charge is 0.229 e. The lowest BCUT2D eigenvalue weighted by Gasteiger charge is -2.37. The molecule has 1 heterocycles. The number of carbonyl (C=O) groups is 1. The van der Waals surface area contributed by atoms with E-state index in [0.717, 1.165) is 32.7 Å². The Labute approximate surface area is 110 Å². The summed E-state index contributed by atoms with van der Waals surface area (Å²) in [6.45, 7) is 11.8. The van der Waals surface area contributed by atoms with E-state index in [4.69, 9.17) is 5.11 Å². The van der Waals surface area contributed by atoms with E-state index < -0.39 is 0 Å². The number of amides is 1. The minimum atomic E-state index is -0.386. The van der Waals surface area contributed by atoms with Gasteiger partial charge in [0.05, 0.1) is 12.0 Å². The molecule has 0 atom stereocenters. The van der Waals surface area contributed by atoms with E-state index in [1.165, 1.54) is 0 Å². The normalized spacial score (nSPS) is 17.3. The molecule has 0 aromatic carbocycles. The Morgan fingerprint density at radius 2 is 2.00 bits per heavy atom. The Morgan fingerprint density at radius 1 is 1.39 bits per heavy atom. The van der Waals surface area contributed by atoms with Gasteiger partial charge >= 0.3 is 0 Å². The summed E-state index contributed by atoms with van der Waals surface area (Å²) in [4.78, 5) is 16.6. The van der Waals surface area contributed by atoms with Gasteiger partial charge in [-0.3, -0.25) is 4.79 Å². The monoisotopic (exact) mass is 257 g/mol. The highest BCUT2D eigenvalue weighted by Gasteiger charge is 2.33. The molecule has 106 valence electrons. The highest BCUT2D eigenvalue weighted by molar-refractivity contribution is 5.82. The van der Waals surface area contributed by atoms with Crippen LogP contribution in [0.4, 0.5) is 0 Å². The van der Waals surface area contributed by atoms with Crippen molar-refractivity contribution in [2.75, 3.05) is 52.4 Å². The van der Waals surface area contributed by atoms with Gasteiger partial charge in [0.2, 0.25) is 5.91 Å². The zero-order valence-electron chi connectivity index (χ0n) is 11.9. The Balaban J connectivity index is 2.57. The zero-order valence-corrected chi connectivity index (χ0v) is 11.9. The van der Waals surface area contributed by atoms with Gasteiger partial charge in [0.25, 0.3) is 0 Å². The Bertz CT molecular complexity index is 263. The van der Waals surface area contributed by atoms with Gasteiger partial charge in [-0.25, -0.2) is 0 Å². The molecule has 1 aliphatic rings. The fourth-order valence-corrected chi connectivity index (χ4v) is 2.41. The van der Waals surface area contributed by atoms with E-state index >= 15 is 0 Å². The first-order chi connectivity index (χ1) is 8.51. The molecule has 0 aliphatic carbocycles. The molecule has 0 saturated carbocycles. The molecule has 5 nitrogen and oxygen atoms in total. The van der Waals surface area contributed by atoms with Gasteiger partial charge in [-0.05, 0) is 20.4 Å². The van der Waals surface area contributed by atoms with Gasteiger partial charge in [-0.15, -0.1) is 0 Å². The maximum Gasteiger partial charge on any atom is 0.229 e. The number of hydrogen-bond acceptors (Lipinski definition) is 4. The Hall–Kier alpha value is -0.650. The molecular formula is C13H27N3O2. The molecule has 0 unspecified atom stereocenters. The van der Waals surface area contributed by atoms with E-state index in [9.17, 15) is 4.79 Å². The van der Waals surface area contributed by atoms with E-state index in [2.05, 4.69) is 17.1 Å². The van der Waals surface area contributed by atoms with Gasteiger partial charge in [-0.1, -0.05) is 6.92 Å². The van der Waals surface area contributed by atoms with Crippen LogP contribution < -0.4 is 5.32 Å². The fraction of sp³-hybridized carbons (Fsp3) is 0.923. The highest BCUT2D eigenvalue weighted by Crippen LogP contribution is 2.21. The fourth-order valence-electron chi connectivity index (χ4n) is 2.41. The molecule has 0 radical (unpaired) electrons. The van der Waals surface area contributed by atoms with Crippen molar-refractivity contribution in [1.29, 1.82) is 0 Å². The van der Waals surface area contributed by atoms with Crippen molar-refractivity contribution in [2.45, 2.75) is 20.8 Å². The lowest BCUT2D eigenvalue weighted by Crippen LogP contribution is -2.53. The van der Waals surface area contributed by atoms with Gasteiger partial charge in [-0.2, -0.15) is 0 Å². The van der Waals surface area contributed by atoms with Crippen LogP contribution in [0.1, 0.15) is 20.8 Å². The van der Waals surface area contributed by atoms with Crippen molar-refractivity contribution in [1.82, 2.24) is 15.1 Å². The first-order valence-electron chi connectivity index (χ1n) is 6.84. The van der Waals surface area contributed by atoms with E-state index in [1.807, 2.05) is 18.7 Å². The van der Waals surface area contributed by atoms with Crippen molar-refractivity contribution >= 4 is 5.91 Å². The second-order valence-electron chi connectivity index (χ2n) is 5.52. The van der Waals surface area contributed by atoms with Crippen molar-refractivity contribution < 1.29 is 9.90 Å². The summed E-state index contributed by atoms with van der Waals surface area (Å²) in [6, 6.07) is 0. The maximum atomic E-state index is 12.5. The van der Waals surface area contributed by atoms with Crippen LogP contribution in [0.15, 0.2) is 0 Å². The first-order valence-corrected chi connectivity index (χ1v) is 6.84. The summed E-state index contributed by atoms with van der Waals surface area (Å²) in [5.74, 6) is 0.223. The largest absolute Gasteiger partial charge is 0.395 e. The van der Waals surface area contributed by atoms with Crippen LogP contribution in [0, 0.1) is 5.41 Å². The van der Waals surface area contributed by atoms with Crippen LogP contribution in [0.5, 0.6) is 0 Å². The van der Waals surface area contributed by atoms with E-state index in [1.54, 1.807) is 0 Å². The zero-order chi connectivity index (χ0) is 13.6. The third kappa shape index (κ3) is 4.23. The van der Waals surface area contributed by atoms with Crippen LogP contribution in [0.2, 0.25) is 0 Å². The number of carbonyl (C=O) groups excluding carboxylic acids is 1. The summed E-state index contributed by atoms with van der Waals surface area (Å²) in [5, 5.41) is 12.3. The number of nitrogens with zero attached hydrogens (tertiary/aromatic N) is 2. The van der Waals surface area contributed by atoms with Crippen LogP contribution in [-0.2, 0) is 4.79 Å². The molecule has 0 aromatic rings. The van der Waals surface area contributed by atoms with Crippen LogP contribution in [0.25, 0.3) is 0 Å². The average Bonchev–Trinajstić information content (AvgIpc) is 2.38. The number of hydrogen-bond donors (Lipinski definition) is 2. The lowest BCUT2D eigenvalue weighted by molar-refractivity contribution is -0.142. The lowest BCUT2D eigenvalue weighted by atomic mass is 9.90. The van der Waals surface area contributed by atoms with E-state index in [0.29, 0.717) is 13.1 Å². The Kier molecular flexibility index (Phi) is 6.05. The molecule has 5 heteroatoms. The van der Waals surface area contributed by atoms with Gasteiger partial charge in [0.1, 0.15) is 0 Å². The quantitative estimate of drug-likeness (QED) is 0.689. The third-order valence-electron chi connectivity index (χ3n) is 3.47. The summed E-state index contributed by atoms with van der Waals surface area (Å²) in [5.41, 5.74) is -0.386. The second kappa shape index (κ2) is 7.07. The minimum Gasteiger partial charge on any atom is -0.395 e. The van der Waals surface area contributed by atoms with Crippen LogP contribution >= 0.6 is 0 Å². The van der Waals surface area contributed by atoms with E-state index in [-0.39, 0.29) is 17.9 Å². The van der Waals surface area contributed by atoms with Crippen molar-refractivity contribution in [2.24, 2.45) is 5.41 Å². The number of nitrogens with one attached hydrogen (secondary N) is 1. The molecule has 18 heavy (non-hydrogen) atoms. The number of rotatable bonds is 6. The standard InChI is InChI=1S/C13H27N3O2/c1-4-15(9-10-17)11-13(2,3)12(18)16-7-5-14-6-8-16/h14,17H,4-11H2,1-3H3. The average molecular weight is 257 g/mol. The molecule has 0 spiro atoms. The number of likely N-dealkylation sites (N-methyl/N-ethyl adjacent to an activating group) is 1. The predicted molar refractivity (Wildman–Crippen MR) is 72.4 cm³/mol. The van der Waals surface area contributed by atoms with Gasteiger partial charge in [0, 0.05) is 39.3 Å². The molecule has 1 fully saturated rings. The number of aliphatic hydroxyl groups excluding tert-OH is 1. The molecular weight excluding hydrogens is 230 g/mol. The van der Waals surface area contributed by atoms with Gasteiger partial charge in [0.15, 0.2) is 0 Å². The third-order valence-corrected chi connectivity index (χ3v) is 3.47. The summed E-state index contributed by atoms with van der Waals surface area (Å²) in [6.07, 6.45) is 0. The minimum absolute atomic E-state index is 0.145. The maximum absolute atomic E-state index is 12.5. The molecule has 0 bridgehead atoms. The van der Waals surface area contributed by atoms with Crippen LogP contribution in [-0.4, -0.2) is 73.2 Å². The topological polar surface area (TPSA) is 55.8 Å². The van der Waals surface area contributed by atoms with Crippen molar-refractivity contribution in [3.05, 3.63) is 0 Å². The van der Waals surface area contributed by atoms with Gasteiger partial charge < -0.3 is 20.2 Å². The molecule has 1 saturated heterocycles. The predicted octanol–water partition coefficient (Wildman–Crippen LogP) is -0.241. The molecule has 0 aromatic heterocycles. The number of piperazine rings is 1. The summed E-state index contributed by atoms with van der Waals surface area (Å²) >= 11 is 0. The molecule has 1 rings (SSSR count). The molecule has 1 aliphatic heterocycles.